The number of pyridine rings is 1. The zero-order chi connectivity index (χ0) is 13.2. The Morgan fingerprint density at radius 2 is 2.28 bits per heavy atom. The maximum Gasteiger partial charge on any atom is 0.211 e. The molecule has 100 valence electrons. The predicted octanol–water partition coefficient (Wildman–Crippen LogP) is 1.95. The van der Waals surface area contributed by atoms with Crippen molar-refractivity contribution >= 4 is 21.6 Å². The molecule has 0 radical (unpaired) electrons. The summed E-state index contributed by atoms with van der Waals surface area (Å²) in [5.41, 5.74) is 1.11. The quantitative estimate of drug-likeness (QED) is 0.799. The number of sulfonamides is 1. The number of halogens is 1. The molecule has 1 atom stereocenters. The first-order valence-corrected chi connectivity index (χ1v) is 8.23. The maximum atomic E-state index is 11.5. The lowest BCUT2D eigenvalue weighted by Crippen LogP contribution is -2.39. The largest absolute Gasteiger partial charge is 0.244 e. The number of aromatic nitrogens is 1. The molecule has 1 saturated heterocycles. The summed E-state index contributed by atoms with van der Waals surface area (Å²) in [5.74, 6) is 0.372. The SMILES string of the molecule is CS(=O)(=O)N1CCCC(Cc2ccc(Cl)nc2)C1. The van der Waals surface area contributed by atoms with Gasteiger partial charge in [-0.25, -0.2) is 17.7 Å². The molecule has 4 nitrogen and oxygen atoms in total. The highest BCUT2D eigenvalue weighted by atomic mass is 35.5. The van der Waals surface area contributed by atoms with Gasteiger partial charge in [0.1, 0.15) is 5.15 Å². The minimum atomic E-state index is -3.06. The van der Waals surface area contributed by atoms with E-state index in [9.17, 15) is 8.42 Å². The maximum absolute atomic E-state index is 11.5. The molecule has 18 heavy (non-hydrogen) atoms. The molecular weight excluding hydrogens is 272 g/mol. The number of piperidine rings is 1. The molecule has 1 aromatic rings. The van der Waals surface area contributed by atoms with E-state index in [0.29, 0.717) is 24.2 Å². The lowest BCUT2D eigenvalue weighted by molar-refractivity contribution is 0.266. The third-order valence-electron chi connectivity index (χ3n) is 3.26. The molecule has 1 fully saturated rings. The van der Waals surface area contributed by atoms with Crippen molar-refractivity contribution in [2.24, 2.45) is 5.92 Å². The Bertz CT molecular complexity index is 501. The van der Waals surface area contributed by atoms with Crippen LogP contribution in [-0.4, -0.2) is 37.1 Å². The van der Waals surface area contributed by atoms with Crippen molar-refractivity contribution < 1.29 is 8.42 Å². The van der Waals surface area contributed by atoms with Crippen molar-refractivity contribution in [2.45, 2.75) is 19.3 Å². The standard InChI is InChI=1S/C12H17ClN2O2S/c1-18(16,17)15-6-2-3-11(9-15)7-10-4-5-12(13)14-8-10/h4-5,8,11H,2-3,6-7,9H2,1H3. The first kappa shape index (κ1) is 13.8. The van der Waals surface area contributed by atoms with Gasteiger partial charge in [0.25, 0.3) is 0 Å². The Balaban J connectivity index is 2.00. The normalized spacial score (nSPS) is 22.0. The van der Waals surface area contributed by atoms with Crippen LogP contribution >= 0.6 is 11.6 Å². The van der Waals surface area contributed by atoms with Crippen LogP contribution in [0.2, 0.25) is 5.15 Å². The van der Waals surface area contributed by atoms with Crippen LogP contribution < -0.4 is 0 Å². The van der Waals surface area contributed by atoms with E-state index in [1.165, 1.54) is 6.26 Å². The molecule has 0 N–H and O–H groups in total. The summed E-state index contributed by atoms with van der Waals surface area (Å²) >= 11 is 5.74. The molecule has 0 spiro atoms. The molecule has 1 unspecified atom stereocenters. The smallest absolute Gasteiger partial charge is 0.211 e. The van der Waals surface area contributed by atoms with Gasteiger partial charge in [0.15, 0.2) is 0 Å². The van der Waals surface area contributed by atoms with Gasteiger partial charge >= 0.3 is 0 Å². The summed E-state index contributed by atoms with van der Waals surface area (Å²) in [6.45, 7) is 1.26. The topological polar surface area (TPSA) is 50.3 Å². The molecule has 1 aliphatic rings. The highest BCUT2D eigenvalue weighted by Gasteiger charge is 2.25. The van der Waals surface area contributed by atoms with E-state index in [0.717, 1.165) is 24.8 Å². The monoisotopic (exact) mass is 288 g/mol. The Labute approximate surface area is 113 Å². The van der Waals surface area contributed by atoms with Gasteiger partial charge in [0, 0.05) is 19.3 Å². The van der Waals surface area contributed by atoms with Crippen molar-refractivity contribution in [1.82, 2.24) is 9.29 Å². The molecule has 2 heterocycles. The van der Waals surface area contributed by atoms with Crippen LogP contribution in [0.1, 0.15) is 18.4 Å². The molecule has 1 aromatic heterocycles. The minimum absolute atomic E-state index is 0.372. The Morgan fingerprint density at radius 1 is 1.50 bits per heavy atom. The second-order valence-corrected chi connectivity index (χ2v) is 7.19. The molecule has 1 aliphatic heterocycles. The Kier molecular flexibility index (Phi) is 4.25. The van der Waals surface area contributed by atoms with Crippen LogP contribution in [-0.2, 0) is 16.4 Å². The summed E-state index contributed by atoms with van der Waals surface area (Å²) < 4.78 is 24.6. The first-order valence-electron chi connectivity index (χ1n) is 6.01. The summed E-state index contributed by atoms with van der Waals surface area (Å²) in [6, 6.07) is 3.72. The fourth-order valence-corrected chi connectivity index (χ4v) is 3.41. The second-order valence-electron chi connectivity index (χ2n) is 4.82. The van der Waals surface area contributed by atoms with Gasteiger partial charge in [-0.3, -0.25) is 0 Å². The first-order chi connectivity index (χ1) is 8.45. The van der Waals surface area contributed by atoms with Gasteiger partial charge in [0.05, 0.1) is 6.26 Å². The van der Waals surface area contributed by atoms with Crippen LogP contribution in [0.15, 0.2) is 18.3 Å². The molecule has 2 rings (SSSR count). The van der Waals surface area contributed by atoms with Crippen molar-refractivity contribution in [3.8, 4) is 0 Å². The van der Waals surface area contributed by atoms with Gasteiger partial charge in [-0.1, -0.05) is 17.7 Å². The fourth-order valence-electron chi connectivity index (χ4n) is 2.36. The molecule has 0 amide bonds. The highest BCUT2D eigenvalue weighted by Crippen LogP contribution is 2.22. The summed E-state index contributed by atoms with van der Waals surface area (Å²) in [7, 11) is -3.06. The van der Waals surface area contributed by atoms with E-state index in [2.05, 4.69) is 4.98 Å². The minimum Gasteiger partial charge on any atom is -0.244 e. The van der Waals surface area contributed by atoms with Crippen LogP contribution in [0.25, 0.3) is 0 Å². The number of nitrogens with zero attached hydrogens (tertiary/aromatic N) is 2. The fraction of sp³-hybridized carbons (Fsp3) is 0.583. The van der Waals surface area contributed by atoms with E-state index in [4.69, 9.17) is 11.6 Å². The van der Waals surface area contributed by atoms with Gasteiger partial charge in [0.2, 0.25) is 10.0 Å². The van der Waals surface area contributed by atoms with Gasteiger partial charge in [-0.05, 0) is 36.8 Å². The molecule has 6 heteroatoms. The number of hydrogen-bond donors (Lipinski definition) is 0. The van der Waals surface area contributed by atoms with E-state index < -0.39 is 10.0 Å². The predicted molar refractivity (Wildman–Crippen MR) is 72.1 cm³/mol. The third-order valence-corrected chi connectivity index (χ3v) is 4.76. The highest BCUT2D eigenvalue weighted by molar-refractivity contribution is 7.88. The van der Waals surface area contributed by atoms with Crippen LogP contribution in [0.4, 0.5) is 0 Å². The summed E-state index contributed by atoms with van der Waals surface area (Å²) in [4.78, 5) is 4.05. The molecular formula is C12H17ClN2O2S. The summed E-state index contributed by atoms with van der Waals surface area (Å²) in [5, 5.41) is 0.486. The summed E-state index contributed by atoms with van der Waals surface area (Å²) in [6.07, 6.45) is 5.89. The van der Waals surface area contributed by atoms with Gasteiger partial charge < -0.3 is 0 Å². The van der Waals surface area contributed by atoms with E-state index in [1.54, 1.807) is 16.6 Å². The lowest BCUT2D eigenvalue weighted by Gasteiger charge is -2.30. The molecule has 0 aliphatic carbocycles. The van der Waals surface area contributed by atoms with Crippen molar-refractivity contribution in [3.05, 3.63) is 29.0 Å². The molecule has 0 bridgehead atoms. The van der Waals surface area contributed by atoms with Crippen molar-refractivity contribution in [1.29, 1.82) is 0 Å². The van der Waals surface area contributed by atoms with Crippen molar-refractivity contribution in [2.75, 3.05) is 19.3 Å². The Hall–Kier alpha value is -0.650. The van der Waals surface area contributed by atoms with Crippen LogP contribution in [0, 0.1) is 5.92 Å². The van der Waals surface area contributed by atoms with Crippen LogP contribution in [0.3, 0.4) is 0 Å². The van der Waals surface area contributed by atoms with E-state index >= 15 is 0 Å². The zero-order valence-corrected chi connectivity index (χ0v) is 11.9. The molecule has 0 aromatic carbocycles. The van der Waals surface area contributed by atoms with Crippen LogP contribution in [0.5, 0.6) is 0 Å². The molecule has 0 saturated carbocycles. The van der Waals surface area contributed by atoms with E-state index in [1.807, 2.05) is 6.07 Å². The Morgan fingerprint density at radius 3 is 2.89 bits per heavy atom. The second kappa shape index (κ2) is 5.55. The lowest BCUT2D eigenvalue weighted by atomic mass is 9.93. The van der Waals surface area contributed by atoms with Crippen molar-refractivity contribution in [3.63, 3.8) is 0 Å². The van der Waals surface area contributed by atoms with Gasteiger partial charge in [-0.2, -0.15) is 0 Å². The zero-order valence-electron chi connectivity index (χ0n) is 10.3. The number of rotatable bonds is 3. The average molecular weight is 289 g/mol. The number of hydrogen-bond acceptors (Lipinski definition) is 3. The average Bonchev–Trinajstić information content (AvgIpc) is 2.31. The third kappa shape index (κ3) is 3.67. The van der Waals surface area contributed by atoms with E-state index in [-0.39, 0.29) is 0 Å². The van der Waals surface area contributed by atoms with Gasteiger partial charge in [-0.15, -0.1) is 0 Å².